The predicted octanol–water partition coefficient (Wildman–Crippen LogP) is 0.0834. The van der Waals surface area contributed by atoms with Gasteiger partial charge in [-0.25, -0.2) is 0 Å². The number of hydrogen-bond donors (Lipinski definition) is 2. The third kappa shape index (κ3) is 5.12. The van der Waals surface area contributed by atoms with Crippen LogP contribution < -0.4 is 5.32 Å². The average Bonchev–Trinajstić information content (AvgIpc) is 2.44. The monoisotopic (exact) mass is 291 g/mol. The molecule has 5 heteroatoms. The molecule has 1 aromatic rings. The molecule has 0 fully saturated rings. The van der Waals surface area contributed by atoms with Crippen molar-refractivity contribution in [1.82, 2.24) is 15.1 Å². The van der Waals surface area contributed by atoms with Gasteiger partial charge in [-0.1, -0.05) is 24.3 Å². The van der Waals surface area contributed by atoms with Crippen molar-refractivity contribution in [3.63, 3.8) is 0 Å². The van der Waals surface area contributed by atoms with Gasteiger partial charge in [-0.05, 0) is 31.6 Å². The van der Waals surface area contributed by atoms with Crippen LogP contribution in [0.2, 0.25) is 0 Å². The van der Waals surface area contributed by atoms with Crippen LogP contribution in [0.1, 0.15) is 11.1 Å². The van der Waals surface area contributed by atoms with Crippen LogP contribution in [-0.2, 0) is 17.8 Å². The van der Waals surface area contributed by atoms with Crippen molar-refractivity contribution in [3.8, 4) is 0 Å². The van der Waals surface area contributed by atoms with E-state index < -0.39 is 6.10 Å². The van der Waals surface area contributed by atoms with Gasteiger partial charge in [-0.2, -0.15) is 0 Å². The summed E-state index contributed by atoms with van der Waals surface area (Å²) in [6.45, 7) is 3.09. The summed E-state index contributed by atoms with van der Waals surface area (Å²) in [7, 11) is 3.70. The van der Waals surface area contributed by atoms with Crippen LogP contribution >= 0.6 is 0 Å². The fourth-order valence-corrected chi connectivity index (χ4v) is 2.65. The Hall–Kier alpha value is -1.43. The lowest BCUT2D eigenvalue weighted by molar-refractivity contribution is -0.122. The first-order chi connectivity index (χ1) is 10.0. The van der Waals surface area contributed by atoms with Gasteiger partial charge in [0.15, 0.2) is 0 Å². The lowest BCUT2D eigenvalue weighted by atomic mass is 10.00. The van der Waals surface area contributed by atoms with Gasteiger partial charge >= 0.3 is 0 Å². The van der Waals surface area contributed by atoms with E-state index in [2.05, 4.69) is 34.5 Å². The van der Waals surface area contributed by atoms with Gasteiger partial charge in [0, 0.05) is 26.2 Å². The summed E-state index contributed by atoms with van der Waals surface area (Å²) in [5.74, 6) is -0.0527. The summed E-state index contributed by atoms with van der Waals surface area (Å²) >= 11 is 0. The number of likely N-dealkylation sites (N-methyl/N-ethyl adjacent to an activating group) is 1. The molecule has 21 heavy (non-hydrogen) atoms. The summed E-state index contributed by atoms with van der Waals surface area (Å²) in [5, 5.41) is 12.8. The first-order valence-electron chi connectivity index (χ1n) is 7.43. The van der Waals surface area contributed by atoms with Crippen molar-refractivity contribution in [1.29, 1.82) is 0 Å². The number of benzene rings is 1. The first-order valence-corrected chi connectivity index (χ1v) is 7.43. The molecule has 0 saturated heterocycles. The normalized spacial score (nSPS) is 16.6. The molecule has 1 atom stereocenters. The lowest BCUT2D eigenvalue weighted by Crippen LogP contribution is -2.43. The van der Waals surface area contributed by atoms with E-state index in [1.807, 2.05) is 19.0 Å². The van der Waals surface area contributed by atoms with Gasteiger partial charge in [-0.3, -0.25) is 9.69 Å². The van der Waals surface area contributed by atoms with Gasteiger partial charge in [0.25, 0.3) is 0 Å². The number of aliphatic hydroxyl groups excluding tert-OH is 1. The van der Waals surface area contributed by atoms with E-state index in [-0.39, 0.29) is 5.91 Å². The van der Waals surface area contributed by atoms with Crippen molar-refractivity contribution < 1.29 is 9.90 Å². The van der Waals surface area contributed by atoms with E-state index in [4.69, 9.17) is 0 Å². The highest BCUT2D eigenvalue weighted by atomic mass is 16.3. The van der Waals surface area contributed by atoms with Crippen molar-refractivity contribution >= 4 is 5.91 Å². The SMILES string of the molecule is CN(C)CC(=O)NC[C@H](O)CN1CCc2ccccc2C1. The van der Waals surface area contributed by atoms with E-state index in [1.165, 1.54) is 11.1 Å². The predicted molar refractivity (Wildman–Crippen MR) is 83.0 cm³/mol. The quantitative estimate of drug-likeness (QED) is 0.779. The third-order valence-electron chi connectivity index (χ3n) is 3.67. The third-order valence-corrected chi connectivity index (χ3v) is 3.67. The number of fused-ring (bicyclic) bond motifs is 1. The van der Waals surface area contributed by atoms with E-state index in [0.717, 1.165) is 19.5 Å². The van der Waals surface area contributed by atoms with Crippen LogP contribution in [0.15, 0.2) is 24.3 Å². The van der Waals surface area contributed by atoms with Crippen molar-refractivity contribution in [2.45, 2.75) is 19.1 Å². The standard InChI is InChI=1S/C16H25N3O2/c1-18(2)12-16(21)17-9-15(20)11-19-8-7-13-5-3-4-6-14(13)10-19/h3-6,15,20H,7-12H2,1-2H3,(H,17,21)/t15-/m0/s1. The molecule has 0 unspecified atom stereocenters. The Labute approximate surface area is 126 Å². The maximum absolute atomic E-state index is 11.5. The molecule has 1 amide bonds. The smallest absolute Gasteiger partial charge is 0.234 e. The highest BCUT2D eigenvalue weighted by Gasteiger charge is 2.18. The zero-order valence-corrected chi connectivity index (χ0v) is 12.9. The zero-order valence-electron chi connectivity index (χ0n) is 12.9. The van der Waals surface area contributed by atoms with E-state index in [1.54, 1.807) is 0 Å². The second kappa shape index (κ2) is 7.54. The molecule has 0 bridgehead atoms. The second-order valence-electron chi connectivity index (χ2n) is 5.95. The number of amides is 1. The molecule has 5 nitrogen and oxygen atoms in total. The minimum atomic E-state index is -0.527. The largest absolute Gasteiger partial charge is 0.390 e. The summed E-state index contributed by atoms with van der Waals surface area (Å²) in [6, 6.07) is 8.45. The van der Waals surface area contributed by atoms with Crippen molar-refractivity contribution in [2.75, 3.05) is 40.3 Å². The molecule has 0 saturated carbocycles. The zero-order chi connectivity index (χ0) is 15.2. The minimum Gasteiger partial charge on any atom is -0.390 e. The number of carbonyl (C=O) groups excluding carboxylic acids is 1. The Bertz CT molecular complexity index is 476. The van der Waals surface area contributed by atoms with Crippen LogP contribution in [0.25, 0.3) is 0 Å². The molecule has 1 aliphatic rings. The van der Waals surface area contributed by atoms with Gasteiger partial charge in [0.1, 0.15) is 0 Å². The fraction of sp³-hybridized carbons (Fsp3) is 0.562. The summed E-state index contributed by atoms with van der Waals surface area (Å²) in [5.41, 5.74) is 2.75. The molecule has 2 N–H and O–H groups in total. The van der Waals surface area contributed by atoms with Crippen LogP contribution in [-0.4, -0.2) is 67.2 Å². The van der Waals surface area contributed by atoms with Crippen LogP contribution in [0.5, 0.6) is 0 Å². The fourth-order valence-electron chi connectivity index (χ4n) is 2.65. The summed E-state index contributed by atoms with van der Waals surface area (Å²) < 4.78 is 0. The first kappa shape index (κ1) is 15.9. The number of rotatable bonds is 6. The maximum atomic E-state index is 11.5. The number of hydrogen-bond acceptors (Lipinski definition) is 4. The second-order valence-corrected chi connectivity index (χ2v) is 5.95. The Morgan fingerprint density at radius 1 is 1.38 bits per heavy atom. The van der Waals surface area contributed by atoms with Crippen molar-refractivity contribution in [2.24, 2.45) is 0 Å². The molecule has 0 aromatic heterocycles. The Balaban J connectivity index is 1.74. The molecular weight excluding hydrogens is 266 g/mol. The Morgan fingerprint density at radius 3 is 2.81 bits per heavy atom. The van der Waals surface area contributed by atoms with Gasteiger partial charge in [-0.15, -0.1) is 0 Å². The van der Waals surface area contributed by atoms with Gasteiger partial charge < -0.3 is 15.3 Å². The van der Waals surface area contributed by atoms with E-state index in [9.17, 15) is 9.90 Å². The molecule has 0 spiro atoms. The number of aliphatic hydroxyl groups is 1. The van der Waals surface area contributed by atoms with Crippen molar-refractivity contribution in [3.05, 3.63) is 35.4 Å². The molecular formula is C16H25N3O2. The van der Waals surface area contributed by atoms with Crippen LogP contribution in [0, 0.1) is 0 Å². The molecule has 1 aliphatic heterocycles. The molecule has 1 heterocycles. The van der Waals surface area contributed by atoms with Crippen LogP contribution in [0.4, 0.5) is 0 Å². The number of nitrogens with one attached hydrogen (secondary N) is 1. The summed E-state index contributed by atoms with van der Waals surface area (Å²) in [6.07, 6.45) is 0.497. The topological polar surface area (TPSA) is 55.8 Å². The van der Waals surface area contributed by atoms with Crippen LogP contribution in [0.3, 0.4) is 0 Å². The van der Waals surface area contributed by atoms with E-state index >= 15 is 0 Å². The van der Waals surface area contributed by atoms with E-state index in [0.29, 0.717) is 19.6 Å². The number of β-amino-alcohol motifs (C(OH)–C–C–N with tert-alkyl or cyclic N) is 1. The molecule has 0 radical (unpaired) electrons. The van der Waals surface area contributed by atoms with Gasteiger partial charge in [0.05, 0.1) is 12.6 Å². The minimum absolute atomic E-state index is 0.0527. The Kier molecular flexibility index (Phi) is 5.73. The highest BCUT2D eigenvalue weighted by molar-refractivity contribution is 5.77. The van der Waals surface area contributed by atoms with Gasteiger partial charge in [0.2, 0.25) is 5.91 Å². The molecule has 2 rings (SSSR count). The molecule has 1 aromatic carbocycles. The Morgan fingerprint density at radius 2 is 2.10 bits per heavy atom. The highest BCUT2D eigenvalue weighted by Crippen LogP contribution is 2.18. The molecule has 0 aliphatic carbocycles. The lowest BCUT2D eigenvalue weighted by Gasteiger charge is -2.30. The average molecular weight is 291 g/mol. The number of carbonyl (C=O) groups is 1. The summed E-state index contributed by atoms with van der Waals surface area (Å²) in [4.78, 5) is 15.6. The molecule has 116 valence electrons. The maximum Gasteiger partial charge on any atom is 0.234 e. The number of nitrogens with zero attached hydrogens (tertiary/aromatic N) is 2.